The number of hydrogen-bond acceptors (Lipinski definition) is 7. The molecule has 1 amide bonds. The van der Waals surface area contributed by atoms with Gasteiger partial charge in [-0.15, -0.1) is 11.8 Å². The maximum atomic E-state index is 12.4. The number of thioether (sulfide) groups is 1. The lowest BCUT2D eigenvalue weighted by atomic mass is 9.77. The first-order chi connectivity index (χ1) is 12.9. The quantitative estimate of drug-likeness (QED) is 0.679. The number of fused-ring (bicyclic) bond motifs is 1. The van der Waals surface area contributed by atoms with Gasteiger partial charge in [-0.05, 0) is 24.5 Å². The van der Waals surface area contributed by atoms with Gasteiger partial charge in [0.05, 0.1) is 24.1 Å². The van der Waals surface area contributed by atoms with E-state index in [9.17, 15) is 19.7 Å². The molecule has 2 atom stereocenters. The number of nitrogens with zero attached hydrogens (tertiary/aromatic N) is 1. The average molecular weight is 395 g/mol. The molecule has 1 fully saturated rings. The van der Waals surface area contributed by atoms with E-state index in [1.807, 2.05) is 0 Å². The molecule has 1 aromatic carbocycles. The van der Waals surface area contributed by atoms with Crippen LogP contribution in [0.3, 0.4) is 0 Å². The highest BCUT2D eigenvalue weighted by molar-refractivity contribution is 8.01. The van der Waals surface area contributed by atoms with Gasteiger partial charge in [-0.1, -0.05) is 6.07 Å². The number of rotatable bonds is 6. The van der Waals surface area contributed by atoms with Crippen LogP contribution in [0.4, 0.5) is 0 Å². The first-order valence-electron chi connectivity index (χ1n) is 8.64. The molecule has 1 unspecified atom stereocenters. The molecule has 8 nitrogen and oxygen atoms in total. The number of likely N-dealkylation sites (tertiary alicyclic amines) is 1. The fourth-order valence-electron chi connectivity index (χ4n) is 3.35. The van der Waals surface area contributed by atoms with Gasteiger partial charge in [0.1, 0.15) is 17.1 Å². The number of carboxylic acids is 1. The van der Waals surface area contributed by atoms with Crippen LogP contribution in [-0.4, -0.2) is 78.3 Å². The Morgan fingerprint density at radius 2 is 2.19 bits per heavy atom. The number of hydrogen-bond donors (Lipinski definition) is 2. The van der Waals surface area contributed by atoms with Crippen LogP contribution in [0.2, 0.25) is 0 Å². The maximum Gasteiger partial charge on any atom is 0.536 e. The van der Waals surface area contributed by atoms with Gasteiger partial charge in [-0.2, -0.15) is 0 Å². The molecule has 2 aliphatic rings. The van der Waals surface area contributed by atoms with Crippen LogP contribution < -0.4 is 9.39 Å². The van der Waals surface area contributed by atoms with Gasteiger partial charge in [0.2, 0.25) is 5.91 Å². The van der Waals surface area contributed by atoms with E-state index in [1.165, 1.54) is 18.9 Å². The van der Waals surface area contributed by atoms with Crippen molar-refractivity contribution < 1.29 is 33.8 Å². The van der Waals surface area contributed by atoms with Gasteiger partial charge in [0.15, 0.2) is 0 Å². The largest absolute Gasteiger partial charge is 0.536 e. The van der Waals surface area contributed by atoms with Crippen molar-refractivity contribution in [3.63, 3.8) is 0 Å². The molecule has 2 heterocycles. The molecule has 0 spiro atoms. The number of carbonyl (C=O) groups is 2. The van der Waals surface area contributed by atoms with Crippen molar-refractivity contribution in [2.24, 2.45) is 0 Å². The third-order valence-electron chi connectivity index (χ3n) is 4.86. The lowest BCUT2D eigenvalue weighted by Crippen LogP contribution is -2.42. The first-order valence-corrected chi connectivity index (χ1v) is 9.69. The zero-order valence-corrected chi connectivity index (χ0v) is 16.0. The van der Waals surface area contributed by atoms with Crippen LogP contribution in [0.15, 0.2) is 12.1 Å². The molecule has 0 bridgehead atoms. The number of carboxylic acid groups (broad SMARTS) is 1. The molecule has 27 heavy (non-hydrogen) atoms. The number of amides is 1. The number of methoxy groups -OCH3 is 2. The molecule has 146 valence electrons. The van der Waals surface area contributed by atoms with Crippen LogP contribution in [0.25, 0.3) is 0 Å². The van der Waals surface area contributed by atoms with Crippen molar-refractivity contribution in [1.29, 1.82) is 0 Å². The first kappa shape index (κ1) is 19.8. The van der Waals surface area contributed by atoms with Crippen molar-refractivity contribution >= 4 is 30.8 Å². The molecule has 2 aliphatic heterocycles. The van der Waals surface area contributed by atoms with E-state index in [0.717, 1.165) is 6.42 Å². The minimum atomic E-state index is -1.20. The van der Waals surface area contributed by atoms with Crippen molar-refractivity contribution in [1.82, 2.24) is 4.90 Å². The molecule has 0 aromatic heterocycles. The van der Waals surface area contributed by atoms with Crippen LogP contribution in [0.5, 0.6) is 11.5 Å². The molecule has 3 rings (SSSR count). The summed E-state index contributed by atoms with van der Waals surface area (Å²) in [7, 11) is 1.82. The predicted octanol–water partition coefficient (Wildman–Crippen LogP) is 0.697. The molecular formula is C17H22BNO7S. The summed E-state index contributed by atoms with van der Waals surface area (Å²) in [5.74, 6) is -0.660. The Balaban J connectivity index is 1.66. The molecular weight excluding hydrogens is 373 g/mol. The molecule has 1 aromatic rings. The Hall–Kier alpha value is -1.91. The van der Waals surface area contributed by atoms with Gasteiger partial charge in [0.25, 0.3) is 0 Å². The van der Waals surface area contributed by atoms with E-state index in [0.29, 0.717) is 25.1 Å². The van der Waals surface area contributed by atoms with Crippen molar-refractivity contribution in [2.45, 2.75) is 24.1 Å². The summed E-state index contributed by atoms with van der Waals surface area (Å²) in [6.45, 7) is 1.26. The van der Waals surface area contributed by atoms with Crippen LogP contribution in [0.1, 0.15) is 22.3 Å². The second-order valence-electron chi connectivity index (χ2n) is 6.48. The van der Waals surface area contributed by atoms with Crippen molar-refractivity contribution in [3.05, 3.63) is 23.3 Å². The maximum absolute atomic E-state index is 12.4. The van der Waals surface area contributed by atoms with Crippen LogP contribution in [0, 0.1) is 0 Å². The summed E-state index contributed by atoms with van der Waals surface area (Å²) >= 11 is 1.31. The Morgan fingerprint density at radius 3 is 2.81 bits per heavy atom. The Labute approximate surface area is 161 Å². The number of aromatic carboxylic acids is 1. The van der Waals surface area contributed by atoms with Crippen LogP contribution in [-0.2, 0) is 16.0 Å². The zero-order chi connectivity index (χ0) is 19.6. The topological polar surface area (TPSA) is 106 Å². The summed E-state index contributed by atoms with van der Waals surface area (Å²) in [5, 5.41) is 19.4. The molecule has 1 saturated heterocycles. The molecule has 0 aliphatic carbocycles. The Kier molecular flexibility index (Phi) is 6.18. The van der Waals surface area contributed by atoms with E-state index < -0.39 is 13.1 Å². The van der Waals surface area contributed by atoms with Crippen molar-refractivity contribution in [2.75, 3.05) is 33.1 Å². The predicted molar refractivity (Wildman–Crippen MR) is 100 cm³/mol. The lowest BCUT2D eigenvalue weighted by Gasteiger charge is -2.28. The Bertz CT molecular complexity index is 731. The Morgan fingerprint density at radius 1 is 1.41 bits per heavy atom. The average Bonchev–Trinajstić information content (AvgIpc) is 3.14. The normalized spacial score (nSPS) is 21.6. The fourth-order valence-corrected chi connectivity index (χ4v) is 4.40. The molecule has 0 saturated carbocycles. The van der Waals surface area contributed by atoms with Crippen LogP contribution >= 0.6 is 11.8 Å². The monoisotopic (exact) mass is 395 g/mol. The zero-order valence-electron chi connectivity index (χ0n) is 15.2. The molecule has 0 radical (unpaired) electrons. The van der Waals surface area contributed by atoms with Crippen molar-refractivity contribution in [3.8, 4) is 11.5 Å². The number of benzene rings is 1. The SMILES string of the molecule is COc1ccc2c(c1C(=O)O)OB(O)[C@@H](SCC(=O)N1CCC(OC)C1)C2. The van der Waals surface area contributed by atoms with E-state index in [1.54, 1.807) is 24.1 Å². The molecule has 2 N–H and O–H groups in total. The standard InChI is InChI=1S/C17H22BNO7S/c1-24-11-5-6-19(8-11)14(20)9-27-13-7-10-3-4-12(25-2)15(17(21)22)16(10)26-18(13)23/h3-4,11,13,23H,5-9H2,1-2H3,(H,21,22)/t11?,13-/m0/s1. The van der Waals surface area contributed by atoms with Gasteiger partial charge in [-0.3, -0.25) is 4.79 Å². The summed E-state index contributed by atoms with van der Waals surface area (Å²) in [6, 6.07) is 3.30. The summed E-state index contributed by atoms with van der Waals surface area (Å²) < 4.78 is 15.9. The van der Waals surface area contributed by atoms with E-state index >= 15 is 0 Å². The summed E-state index contributed by atoms with van der Waals surface area (Å²) in [6.07, 6.45) is 1.31. The number of ether oxygens (including phenoxy) is 2. The van der Waals surface area contributed by atoms with E-state index in [2.05, 4.69) is 0 Å². The highest BCUT2D eigenvalue weighted by atomic mass is 32.2. The lowest BCUT2D eigenvalue weighted by molar-refractivity contribution is -0.127. The number of carbonyl (C=O) groups excluding carboxylic acids is 1. The van der Waals surface area contributed by atoms with Gasteiger partial charge in [0, 0.05) is 20.2 Å². The van der Waals surface area contributed by atoms with Gasteiger partial charge >= 0.3 is 13.1 Å². The highest BCUT2D eigenvalue weighted by Crippen LogP contribution is 2.38. The van der Waals surface area contributed by atoms with Gasteiger partial charge in [-0.25, -0.2) is 4.79 Å². The minimum absolute atomic E-state index is 0.00139. The second-order valence-corrected chi connectivity index (χ2v) is 7.71. The summed E-state index contributed by atoms with van der Waals surface area (Å²) in [4.78, 5) is 25.7. The third-order valence-corrected chi connectivity index (χ3v) is 6.11. The fraction of sp³-hybridized carbons (Fsp3) is 0.529. The second kappa shape index (κ2) is 8.41. The molecule has 10 heteroatoms. The smallest absolute Gasteiger partial charge is 0.534 e. The van der Waals surface area contributed by atoms with E-state index in [4.69, 9.17) is 14.1 Å². The third kappa shape index (κ3) is 4.17. The minimum Gasteiger partial charge on any atom is -0.534 e. The highest BCUT2D eigenvalue weighted by Gasteiger charge is 2.39. The van der Waals surface area contributed by atoms with E-state index in [-0.39, 0.29) is 40.0 Å². The van der Waals surface area contributed by atoms with Gasteiger partial charge < -0.3 is 29.2 Å². The summed E-state index contributed by atoms with van der Waals surface area (Å²) in [5.41, 5.74) is 0.570.